The zero-order chi connectivity index (χ0) is 25.7. The Bertz CT molecular complexity index is 1240. The van der Waals surface area contributed by atoms with Gasteiger partial charge in [0.25, 0.3) is 5.91 Å². The predicted molar refractivity (Wildman–Crippen MR) is 135 cm³/mol. The van der Waals surface area contributed by atoms with E-state index in [0.29, 0.717) is 24.3 Å². The summed E-state index contributed by atoms with van der Waals surface area (Å²) >= 11 is 0. The summed E-state index contributed by atoms with van der Waals surface area (Å²) in [5, 5.41) is 2.61. The largest absolute Gasteiger partial charge is 0.416 e. The molecule has 1 amide bonds. The average molecular weight is 496 g/mol. The van der Waals surface area contributed by atoms with E-state index in [1.807, 2.05) is 18.9 Å². The molecule has 0 bridgehead atoms. The molecule has 1 saturated heterocycles. The number of aromatic nitrogens is 1. The van der Waals surface area contributed by atoms with Crippen LogP contribution in [-0.4, -0.2) is 60.1 Å². The predicted octanol–water partition coefficient (Wildman–Crippen LogP) is 5.16. The Morgan fingerprint density at radius 2 is 1.78 bits per heavy atom. The molecule has 4 rings (SSSR count). The van der Waals surface area contributed by atoms with Gasteiger partial charge in [0.15, 0.2) is 0 Å². The number of aliphatic imine (C=N–C) groups is 1. The number of benzene rings is 2. The molecule has 0 radical (unpaired) electrons. The summed E-state index contributed by atoms with van der Waals surface area (Å²) in [6.07, 6.45) is 0.454. The lowest BCUT2D eigenvalue weighted by molar-refractivity contribution is -0.138. The monoisotopic (exact) mass is 495 g/mol. The zero-order valence-electron chi connectivity index (χ0n) is 20.2. The Balaban J connectivity index is 1.51. The second kappa shape index (κ2) is 11.0. The van der Waals surface area contributed by atoms with Crippen LogP contribution in [-0.2, 0) is 12.7 Å². The van der Waals surface area contributed by atoms with Crippen molar-refractivity contribution in [1.29, 1.82) is 0 Å². The molecule has 3 aromatic rings. The third kappa shape index (κ3) is 6.56. The van der Waals surface area contributed by atoms with Gasteiger partial charge in [0.05, 0.1) is 11.3 Å². The van der Waals surface area contributed by atoms with Gasteiger partial charge < -0.3 is 10.2 Å². The molecule has 188 valence electrons. The van der Waals surface area contributed by atoms with Crippen LogP contribution in [0.15, 0.2) is 65.9 Å². The molecule has 1 fully saturated rings. The number of hydrogen-bond donors (Lipinski definition) is 1. The van der Waals surface area contributed by atoms with Gasteiger partial charge in [-0.15, -0.1) is 0 Å². The first kappa shape index (κ1) is 25.5. The van der Waals surface area contributed by atoms with Crippen molar-refractivity contribution in [3.05, 3.63) is 88.7 Å². The van der Waals surface area contributed by atoms with Crippen LogP contribution in [0.25, 0.3) is 0 Å². The van der Waals surface area contributed by atoms with Crippen molar-refractivity contribution in [3.8, 4) is 0 Å². The number of rotatable bonds is 6. The van der Waals surface area contributed by atoms with Gasteiger partial charge in [0, 0.05) is 62.6 Å². The number of likely N-dealkylation sites (N-methyl/N-ethyl adjacent to an activating group) is 1. The molecule has 2 heterocycles. The zero-order valence-corrected chi connectivity index (χ0v) is 20.2. The number of amides is 1. The molecular weight excluding hydrogens is 467 g/mol. The van der Waals surface area contributed by atoms with Crippen molar-refractivity contribution in [1.82, 2.24) is 14.8 Å². The van der Waals surface area contributed by atoms with E-state index in [0.717, 1.165) is 30.3 Å². The average Bonchev–Trinajstić information content (AvgIpc) is 2.85. The molecule has 1 aliphatic heterocycles. The van der Waals surface area contributed by atoms with Crippen molar-refractivity contribution in [2.75, 3.05) is 38.5 Å². The van der Waals surface area contributed by atoms with Gasteiger partial charge in [-0.05, 0) is 67.1 Å². The fourth-order valence-electron chi connectivity index (χ4n) is 3.99. The highest BCUT2D eigenvalue weighted by Crippen LogP contribution is 2.35. The van der Waals surface area contributed by atoms with Gasteiger partial charge >= 0.3 is 6.18 Å². The number of aryl methyl sites for hydroxylation is 1. The highest BCUT2D eigenvalue weighted by atomic mass is 19.4. The van der Waals surface area contributed by atoms with Gasteiger partial charge in [0.1, 0.15) is 0 Å². The molecule has 6 nitrogen and oxygen atoms in total. The van der Waals surface area contributed by atoms with Crippen LogP contribution in [0.3, 0.4) is 0 Å². The highest BCUT2D eigenvalue weighted by Gasteiger charge is 2.34. The van der Waals surface area contributed by atoms with E-state index in [-0.39, 0.29) is 17.8 Å². The fraction of sp³-hybridized carbons (Fsp3) is 0.296. The topological polar surface area (TPSA) is 60.8 Å². The van der Waals surface area contributed by atoms with Crippen molar-refractivity contribution >= 4 is 23.5 Å². The van der Waals surface area contributed by atoms with Crippen molar-refractivity contribution in [2.45, 2.75) is 19.6 Å². The Morgan fingerprint density at radius 1 is 1.06 bits per heavy atom. The molecule has 1 N–H and O–H groups in total. The van der Waals surface area contributed by atoms with Crippen LogP contribution in [0.2, 0.25) is 0 Å². The maximum atomic E-state index is 13.9. The van der Waals surface area contributed by atoms with Crippen molar-refractivity contribution in [2.24, 2.45) is 4.99 Å². The Kier molecular flexibility index (Phi) is 7.81. The van der Waals surface area contributed by atoms with E-state index in [4.69, 9.17) is 0 Å². The van der Waals surface area contributed by atoms with E-state index in [2.05, 4.69) is 20.2 Å². The third-order valence-electron chi connectivity index (χ3n) is 6.19. The third-order valence-corrected chi connectivity index (χ3v) is 6.19. The van der Waals surface area contributed by atoms with E-state index < -0.39 is 17.6 Å². The number of carbonyl (C=O) groups is 1. The number of pyridine rings is 1. The lowest BCUT2D eigenvalue weighted by Gasteiger charge is -2.33. The summed E-state index contributed by atoms with van der Waals surface area (Å²) in [5.74, 6) is -0.504. The molecule has 1 aromatic heterocycles. The summed E-state index contributed by atoms with van der Waals surface area (Å²) in [6, 6.07) is 12.6. The molecule has 0 atom stereocenters. The number of hydrogen-bond acceptors (Lipinski definition) is 5. The summed E-state index contributed by atoms with van der Waals surface area (Å²) in [5.41, 5.74) is 2.19. The number of nitrogens with one attached hydrogen (secondary N) is 1. The second-order valence-electron chi connectivity index (χ2n) is 8.94. The molecule has 0 saturated carbocycles. The first-order valence-corrected chi connectivity index (χ1v) is 11.7. The number of alkyl halides is 3. The SMILES string of the molecule is Cc1ccc(C(=O)Nc2ccc(CN3CCN(C)CC3)c(C(F)(F)F)c2)cc1/N=C/c1ccncc1. The normalized spacial score (nSPS) is 15.4. The van der Waals surface area contributed by atoms with Crippen LogP contribution in [0.4, 0.5) is 24.5 Å². The standard InChI is InChI=1S/C27H28F3N5O/c1-19-3-4-21(15-25(19)32-17-20-7-9-31-10-8-20)26(36)33-23-6-5-22(24(16-23)27(28,29)30)18-35-13-11-34(2)12-14-35/h3-10,15-17H,11-14,18H2,1-2H3,(H,33,36)/b32-17+. The first-order chi connectivity index (χ1) is 17.2. The first-order valence-electron chi connectivity index (χ1n) is 11.7. The lowest BCUT2D eigenvalue weighted by Crippen LogP contribution is -2.44. The van der Waals surface area contributed by atoms with E-state index in [1.54, 1.807) is 48.9 Å². The molecule has 36 heavy (non-hydrogen) atoms. The summed E-state index contributed by atoms with van der Waals surface area (Å²) in [6.45, 7) is 5.15. The van der Waals surface area contributed by atoms with Gasteiger partial charge in [-0.25, -0.2) is 0 Å². The molecule has 2 aromatic carbocycles. The van der Waals surface area contributed by atoms with Crippen LogP contribution in [0.1, 0.15) is 32.6 Å². The Hall–Kier alpha value is -3.56. The van der Waals surface area contributed by atoms with E-state index in [1.165, 1.54) is 12.1 Å². The maximum absolute atomic E-state index is 13.9. The van der Waals surface area contributed by atoms with Crippen molar-refractivity contribution in [3.63, 3.8) is 0 Å². The summed E-state index contributed by atoms with van der Waals surface area (Å²) in [7, 11) is 2.00. The number of anilines is 1. The minimum atomic E-state index is -4.53. The van der Waals surface area contributed by atoms with E-state index in [9.17, 15) is 18.0 Å². The maximum Gasteiger partial charge on any atom is 0.416 e. The van der Waals surface area contributed by atoms with Gasteiger partial charge in [-0.1, -0.05) is 12.1 Å². The number of nitrogens with zero attached hydrogens (tertiary/aromatic N) is 4. The van der Waals surface area contributed by atoms with Crippen LogP contribution < -0.4 is 5.32 Å². The Labute approximate surface area is 208 Å². The fourth-order valence-corrected chi connectivity index (χ4v) is 3.99. The summed E-state index contributed by atoms with van der Waals surface area (Å²) < 4.78 is 41.6. The number of halogens is 3. The molecule has 0 unspecified atom stereocenters. The summed E-state index contributed by atoms with van der Waals surface area (Å²) in [4.78, 5) is 25.5. The minimum absolute atomic E-state index is 0.0943. The molecule has 0 spiro atoms. The lowest BCUT2D eigenvalue weighted by atomic mass is 10.0. The van der Waals surface area contributed by atoms with Crippen molar-refractivity contribution < 1.29 is 18.0 Å². The number of piperazine rings is 1. The van der Waals surface area contributed by atoms with E-state index >= 15 is 0 Å². The van der Waals surface area contributed by atoms with Gasteiger partial charge in [0.2, 0.25) is 0 Å². The van der Waals surface area contributed by atoms with Crippen LogP contribution >= 0.6 is 0 Å². The Morgan fingerprint density at radius 3 is 2.47 bits per heavy atom. The molecule has 9 heteroatoms. The second-order valence-corrected chi connectivity index (χ2v) is 8.94. The van der Waals surface area contributed by atoms with Crippen LogP contribution in [0.5, 0.6) is 0 Å². The molecule has 1 aliphatic rings. The molecular formula is C27H28F3N5O. The highest BCUT2D eigenvalue weighted by molar-refractivity contribution is 6.05. The van der Waals surface area contributed by atoms with Gasteiger partial charge in [-0.2, -0.15) is 13.2 Å². The smallest absolute Gasteiger partial charge is 0.322 e. The van der Waals surface area contributed by atoms with Gasteiger partial charge in [-0.3, -0.25) is 19.7 Å². The minimum Gasteiger partial charge on any atom is -0.322 e. The number of carbonyl (C=O) groups excluding carboxylic acids is 1. The van der Waals surface area contributed by atoms with Crippen LogP contribution in [0, 0.1) is 6.92 Å². The quantitative estimate of drug-likeness (QED) is 0.480. The molecule has 0 aliphatic carbocycles.